The van der Waals surface area contributed by atoms with E-state index >= 15 is 0 Å². The summed E-state index contributed by atoms with van der Waals surface area (Å²) in [6.07, 6.45) is 3.85. The minimum atomic E-state index is -0.167. The van der Waals surface area contributed by atoms with Crippen molar-refractivity contribution in [3.63, 3.8) is 0 Å². The van der Waals surface area contributed by atoms with Crippen molar-refractivity contribution in [1.82, 2.24) is 5.32 Å². The van der Waals surface area contributed by atoms with E-state index < -0.39 is 0 Å². The Morgan fingerprint density at radius 3 is 2.47 bits per heavy atom. The van der Waals surface area contributed by atoms with Crippen molar-refractivity contribution in [3.05, 3.63) is 29.8 Å². The zero-order valence-electron chi connectivity index (χ0n) is 10.2. The Morgan fingerprint density at radius 2 is 1.94 bits per heavy atom. The number of methoxy groups -OCH3 is 1. The highest BCUT2D eigenvalue weighted by Crippen LogP contribution is 2.31. The van der Waals surface area contributed by atoms with E-state index in [0.717, 1.165) is 44.4 Å². The van der Waals surface area contributed by atoms with Crippen LogP contribution in [-0.2, 0) is 11.2 Å². The Morgan fingerprint density at radius 1 is 1.29 bits per heavy atom. The molecule has 3 nitrogen and oxygen atoms in total. The van der Waals surface area contributed by atoms with Gasteiger partial charge in [0.25, 0.3) is 0 Å². The lowest BCUT2D eigenvalue weighted by molar-refractivity contribution is -0.117. The number of hydrogen-bond acceptors (Lipinski definition) is 3. The molecule has 1 aliphatic rings. The molecule has 0 radical (unpaired) electrons. The summed E-state index contributed by atoms with van der Waals surface area (Å²) in [6, 6.07) is 8.00. The largest absolute Gasteiger partial charge is 0.497 e. The molecule has 0 atom stereocenters. The Balaban J connectivity index is 2.09. The van der Waals surface area contributed by atoms with E-state index in [-0.39, 0.29) is 5.41 Å². The fourth-order valence-electron chi connectivity index (χ4n) is 2.41. The van der Waals surface area contributed by atoms with Crippen LogP contribution in [0.25, 0.3) is 0 Å². The van der Waals surface area contributed by atoms with Crippen LogP contribution in [0.2, 0.25) is 0 Å². The third-order valence-electron chi connectivity index (χ3n) is 3.56. The topological polar surface area (TPSA) is 38.3 Å². The van der Waals surface area contributed by atoms with Gasteiger partial charge in [-0.3, -0.25) is 0 Å². The Labute approximate surface area is 102 Å². The van der Waals surface area contributed by atoms with Gasteiger partial charge in [0.15, 0.2) is 0 Å². The van der Waals surface area contributed by atoms with Gasteiger partial charge in [0.1, 0.15) is 12.0 Å². The molecule has 0 saturated carbocycles. The summed E-state index contributed by atoms with van der Waals surface area (Å²) in [6.45, 7) is 1.88. The number of carbonyl (C=O) groups is 1. The molecule has 0 bridgehead atoms. The zero-order chi connectivity index (χ0) is 12.1. The molecule has 0 aromatic heterocycles. The average molecular weight is 233 g/mol. The molecule has 1 aliphatic heterocycles. The van der Waals surface area contributed by atoms with Gasteiger partial charge in [-0.15, -0.1) is 0 Å². The highest BCUT2D eigenvalue weighted by Gasteiger charge is 2.31. The molecule has 17 heavy (non-hydrogen) atoms. The first kappa shape index (κ1) is 12.1. The van der Waals surface area contributed by atoms with Crippen LogP contribution >= 0.6 is 0 Å². The summed E-state index contributed by atoms with van der Waals surface area (Å²) in [5, 5.41) is 3.30. The van der Waals surface area contributed by atoms with E-state index in [1.54, 1.807) is 7.11 Å². The number of ether oxygens (including phenoxy) is 1. The van der Waals surface area contributed by atoms with Crippen LogP contribution in [0.4, 0.5) is 0 Å². The second kappa shape index (κ2) is 5.32. The molecule has 0 aliphatic carbocycles. The predicted molar refractivity (Wildman–Crippen MR) is 67.3 cm³/mol. The molecular weight excluding hydrogens is 214 g/mol. The van der Waals surface area contributed by atoms with Crippen LogP contribution in [0, 0.1) is 5.41 Å². The highest BCUT2D eigenvalue weighted by molar-refractivity contribution is 5.60. The second-order valence-corrected chi connectivity index (χ2v) is 4.76. The molecule has 0 spiro atoms. The molecule has 1 fully saturated rings. The van der Waals surface area contributed by atoms with Gasteiger partial charge in [0.05, 0.1) is 7.11 Å². The standard InChI is InChI=1S/C14H19NO2/c1-17-13-4-2-12(3-5-13)10-14(11-16)6-8-15-9-7-14/h2-5,11,15H,6-10H2,1H3. The molecule has 1 saturated heterocycles. The van der Waals surface area contributed by atoms with E-state index in [1.165, 1.54) is 5.56 Å². The minimum absolute atomic E-state index is 0.167. The van der Waals surface area contributed by atoms with E-state index in [9.17, 15) is 4.79 Å². The van der Waals surface area contributed by atoms with E-state index in [1.807, 2.05) is 24.3 Å². The van der Waals surface area contributed by atoms with Gasteiger partial charge in [-0.05, 0) is 50.0 Å². The summed E-state index contributed by atoms with van der Waals surface area (Å²) >= 11 is 0. The number of piperidine rings is 1. The van der Waals surface area contributed by atoms with Crippen LogP contribution in [0.15, 0.2) is 24.3 Å². The number of aldehydes is 1. The average Bonchev–Trinajstić information content (AvgIpc) is 2.41. The lowest BCUT2D eigenvalue weighted by Gasteiger charge is -2.32. The van der Waals surface area contributed by atoms with Crippen molar-refractivity contribution < 1.29 is 9.53 Å². The maximum absolute atomic E-state index is 11.4. The minimum Gasteiger partial charge on any atom is -0.497 e. The molecule has 0 unspecified atom stereocenters. The summed E-state index contributed by atoms with van der Waals surface area (Å²) in [4.78, 5) is 11.4. The quantitative estimate of drug-likeness (QED) is 0.806. The third kappa shape index (κ3) is 2.86. The maximum atomic E-state index is 11.4. The molecule has 0 amide bonds. The Kier molecular flexibility index (Phi) is 3.79. The Hall–Kier alpha value is -1.35. The van der Waals surface area contributed by atoms with Crippen LogP contribution in [0.1, 0.15) is 18.4 Å². The molecule has 3 heteroatoms. The fourth-order valence-corrected chi connectivity index (χ4v) is 2.41. The van der Waals surface area contributed by atoms with Crippen molar-refractivity contribution in [3.8, 4) is 5.75 Å². The first-order valence-electron chi connectivity index (χ1n) is 6.08. The van der Waals surface area contributed by atoms with Crippen molar-refractivity contribution in [2.24, 2.45) is 5.41 Å². The fraction of sp³-hybridized carbons (Fsp3) is 0.500. The summed E-state index contributed by atoms with van der Waals surface area (Å²) in [5.41, 5.74) is 1.04. The molecule has 1 N–H and O–H groups in total. The molecule has 2 rings (SSSR count). The third-order valence-corrected chi connectivity index (χ3v) is 3.56. The van der Waals surface area contributed by atoms with Crippen molar-refractivity contribution in [2.45, 2.75) is 19.3 Å². The normalized spacial score (nSPS) is 18.6. The van der Waals surface area contributed by atoms with Crippen LogP contribution in [-0.4, -0.2) is 26.5 Å². The number of benzene rings is 1. The van der Waals surface area contributed by atoms with Crippen molar-refractivity contribution in [2.75, 3.05) is 20.2 Å². The van der Waals surface area contributed by atoms with Crippen molar-refractivity contribution >= 4 is 6.29 Å². The van der Waals surface area contributed by atoms with E-state index in [4.69, 9.17) is 4.74 Å². The highest BCUT2D eigenvalue weighted by atomic mass is 16.5. The smallest absolute Gasteiger partial charge is 0.126 e. The first-order valence-corrected chi connectivity index (χ1v) is 6.08. The number of nitrogens with one attached hydrogen (secondary N) is 1. The number of rotatable bonds is 4. The molecular formula is C14H19NO2. The van der Waals surface area contributed by atoms with Gasteiger partial charge in [-0.25, -0.2) is 0 Å². The van der Waals surface area contributed by atoms with Crippen LogP contribution < -0.4 is 10.1 Å². The van der Waals surface area contributed by atoms with Gasteiger partial charge in [0.2, 0.25) is 0 Å². The van der Waals surface area contributed by atoms with Gasteiger partial charge in [-0.2, -0.15) is 0 Å². The second-order valence-electron chi connectivity index (χ2n) is 4.76. The SMILES string of the molecule is COc1ccc(CC2(C=O)CCNCC2)cc1. The van der Waals surface area contributed by atoms with E-state index in [0.29, 0.717) is 0 Å². The zero-order valence-corrected chi connectivity index (χ0v) is 10.2. The van der Waals surface area contributed by atoms with E-state index in [2.05, 4.69) is 5.32 Å². The van der Waals surface area contributed by atoms with Gasteiger partial charge < -0.3 is 14.8 Å². The van der Waals surface area contributed by atoms with Crippen molar-refractivity contribution in [1.29, 1.82) is 0 Å². The first-order chi connectivity index (χ1) is 8.28. The van der Waals surface area contributed by atoms with Crippen LogP contribution in [0.5, 0.6) is 5.75 Å². The number of hydrogen-bond donors (Lipinski definition) is 1. The van der Waals surface area contributed by atoms with Gasteiger partial charge >= 0.3 is 0 Å². The summed E-state index contributed by atoms with van der Waals surface area (Å²) in [5.74, 6) is 0.860. The lowest BCUT2D eigenvalue weighted by Crippen LogP contribution is -2.39. The van der Waals surface area contributed by atoms with Gasteiger partial charge in [-0.1, -0.05) is 12.1 Å². The molecule has 1 aromatic carbocycles. The summed E-state index contributed by atoms with van der Waals surface area (Å²) < 4.78 is 5.13. The van der Waals surface area contributed by atoms with Crippen LogP contribution in [0.3, 0.4) is 0 Å². The molecule has 1 aromatic rings. The van der Waals surface area contributed by atoms with Gasteiger partial charge in [0, 0.05) is 5.41 Å². The predicted octanol–water partition coefficient (Wildman–Crippen LogP) is 1.81. The Bertz CT molecular complexity index is 366. The molecule has 1 heterocycles. The lowest BCUT2D eigenvalue weighted by atomic mass is 9.75. The monoisotopic (exact) mass is 233 g/mol. The number of carbonyl (C=O) groups excluding carboxylic acids is 1. The molecule has 92 valence electrons. The summed E-state index contributed by atoms with van der Waals surface area (Å²) in [7, 11) is 1.66. The maximum Gasteiger partial charge on any atom is 0.126 e.